The van der Waals surface area contributed by atoms with Crippen molar-refractivity contribution in [2.45, 2.75) is 46.2 Å². The van der Waals surface area contributed by atoms with Gasteiger partial charge in [-0.05, 0) is 58.0 Å². The summed E-state index contributed by atoms with van der Waals surface area (Å²) in [5.41, 5.74) is 2.65. The monoisotopic (exact) mass is 338 g/mol. The van der Waals surface area contributed by atoms with Crippen LogP contribution in [0.25, 0.3) is 0 Å². The van der Waals surface area contributed by atoms with Gasteiger partial charge in [-0.3, -0.25) is 0 Å². The first kappa shape index (κ1) is 17.3. The van der Waals surface area contributed by atoms with Crippen LogP contribution >= 0.6 is 15.9 Å². The smallest absolute Gasteiger partial charge is 0.0422 e. The Labute approximate surface area is 132 Å². The Hall–Kier alpha value is -0.800. The molecule has 1 N–H and O–H groups in total. The summed E-state index contributed by atoms with van der Waals surface area (Å²) < 4.78 is 1.12. The van der Waals surface area contributed by atoms with Gasteiger partial charge in [-0.1, -0.05) is 28.9 Å². The average Bonchev–Trinajstić information content (AvgIpc) is 2.35. The summed E-state index contributed by atoms with van der Waals surface area (Å²) in [5, 5.41) is 3.50. The van der Waals surface area contributed by atoms with Crippen molar-refractivity contribution < 1.29 is 0 Å². The van der Waals surface area contributed by atoms with E-state index in [4.69, 9.17) is 0 Å². The summed E-state index contributed by atoms with van der Waals surface area (Å²) in [7, 11) is 0. The van der Waals surface area contributed by atoms with Crippen molar-refractivity contribution in [3.05, 3.63) is 40.9 Å². The fourth-order valence-corrected chi connectivity index (χ4v) is 2.78. The van der Waals surface area contributed by atoms with Crippen LogP contribution in [-0.2, 0) is 0 Å². The van der Waals surface area contributed by atoms with Crippen molar-refractivity contribution in [2.24, 2.45) is 0 Å². The third-order valence-corrected chi connectivity index (χ3v) is 3.87. The largest absolute Gasteiger partial charge is 0.363 e. The van der Waals surface area contributed by atoms with Gasteiger partial charge in [-0.25, -0.2) is 0 Å². The van der Waals surface area contributed by atoms with Gasteiger partial charge in [0.15, 0.2) is 0 Å². The van der Waals surface area contributed by atoms with Crippen molar-refractivity contribution in [3.8, 4) is 0 Å². The molecule has 0 saturated heterocycles. The van der Waals surface area contributed by atoms with E-state index < -0.39 is 0 Å². The van der Waals surface area contributed by atoms with E-state index in [1.165, 1.54) is 11.3 Å². The third-order valence-electron chi connectivity index (χ3n) is 3.38. The minimum Gasteiger partial charge on any atom is -0.363 e. The average molecular weight is 339 g/mol. The van der Waals surface area contributed by atoms with Crippen LogP contribution in [0.1, 0.15) is 46.2 Å². The van der Waals surface area contributed by atoms with Crippen LogP contribution in [0.5, 0.6) is 0 Å². The molecule has 0 heterocycles. The summed E-state index contributed by atoms with van der Waals surface area (Å²) in [5.74, 6) is 0. The molecule has 20 heavy (non-hydrogen) atoms. The Morgan fingerprint density at radius 1 is 1.40 bits per heavy atom. The topological polar surface area (TPSA) is 15.3 Å². The standard InChI is InChI=1S/C17H27BrN2/c1-7-11-20(17(4,5)6)16-10-9-14(18)12-15(16)13(3)19-8-2/h7,9-10,12-13,19H,1,8,11H2,2-6H3. The summed E-state index contributed by atoms with van der Waals surface area (Å²) in [6.45, 7) is 16.8. The van der Waals surface area contributed by atoms with Gasteiger partial charge in [0.2, 0.25) is 0 Å². The van der Waals surface area contributed by atoms with Gasteiger partial charge in [-0.15, -0.1) is 6.58 Å². The Bertz CT molecular complexity index is 449. The SMILES string of the molecule is C=CCN(c1ccc(Br)cc1C(C)NCC)C(C)(C)C. The lowest BCUT2D eigenvalue weighted by atomic mass is 9.99. The lowest BCUT2D eigenvalue weighted by Gasteiger charge is -2.39. The predicted molar refractivity (Wildman–Crippen MR) is 93.5 cm³/mol. The third kappa shape index (κ3) is 4.35. The Morgan fingerprint density at radius 3 is 2.55 bits per heavy atom. The first-order valence-electron chi connectivity index (χ1n) is 7.22. The van der Waals surface area contributed by atoms with E-state index in [1.54, 1.807) is 0 Å². The van der Waals surface area contributed by atoms with E-state index in [9.17, 15) is 0 Å². The number of anilines is 1. The number of halogens is 1. The molecular weight excluding hydrogens is 312 g/mol. The molecule has 0 aliphatic carbocycles. The molecule has 0 fully saturated rings. The Morgan fingerprint density at radius 2 is 2.05 bits per heavy atom. The van der Waals surface area contributed by atoms with Crippen molar-refractivity contribution in [3.63, 3.8) is 0 Å². The number of nitrogens with one attached hydrogen (secondary N) is 1. The molecular formula is C17H27BrN2. The molecule has 1 atom stereocenters. The van der Waals surface area contributed by atoms with E-state index in [-0.39, 0.29) is 5.54 Å². The highest BCUT2D eigenvalue weighted by Gasteiger charge is 2.24. The second kappa shape index (κ2) is 7.28. The maximum absolute atomic E-state index is 3.90. The zero-order valence-corrected chi connectivity index (χ0v) is 14.9. The van der Waals surface area contributed by atoms with Gasteiger partial charge in [0.25, 0.3) is 0 Å². The molecule has 3 heteroatoms. The Kier molecular flexibility index (Phi) is 6.28. The van der Waals surface area contributed by atoms with Crippen molar-refractivity contribution in [1.29, 1.82) is 0 Å². The fraction of sp³-hybridized carbons (Fsp3) is 0.529. The lowest BCUT2D eigenvalue weighted by molar-refractivity contribution is 0.515. The molecule has 1 aromatic carbocycles. The molecule has 112 valence electrons. The van der Waals surface area contributed by atoms with Gasteiger partial charge in [0.1, 0.15) is 0 Å². The van der Waals surface area contributed by atoms with Crippen LogP contribution in [0.3, 0.4) is 0 Å². The van der Waals surface area contributed by atoms with E-state index in [2.05, 4.69) is 85.5 Å². The molecule has 0 aliphatic rings. The van der Waals surface area contributed by atoms with Gasteiger partial charge in [0, 0.05) is 28.3 Å². The normalized spacial score (nSPS) is 13.1. The zero-order valence-electron chi connectivity index (χ0n) is 13.3. The molecule has 0 spiro atoms. The van der Waals surface area contributed by atoms with E-state index >= 15 is 0 Å². The van der Waals surface area contributed by atoms with E-state index in [0.29, 0.717) is 6.04 Å². The van der Waals surface area contributed by atoms with Crippen LogP contribution in [0, 0.1) is 0 Å². The second-order valence-electron chi connectivity index (χ2n) is 6.05. The minimum absolute atomic E-state index is 0.0582. The zero-order chi connectivity index (χ0) is 15.3. The van der Waals surface area contributed by atoms with Crippen LogP contribution in [0.15, 0.2) is 35.3 Å². The maximum Gasteiger partial charge on any atom is 0.0422 e. The fourth-order valence-electron chi connectivity index (χ4n) is 2.40. The summed E-state index contributed by atoms with van der Waals surface area (Å²) >= 11 is 3.59. The van der Waals surface area contributed by atoms with Crippen molar-refractivity contribution in [1.82, 2.24) is 5.32 Å². The number of hydrogen-bond donors (Lipinski definition) is 1. The molecule has 0 saturated carbocycles. The van der Waals surface area contributed by atoms with E-state index in [0.717, 1.165) is 17.6 Å². The van der Waals surface area contributed by atoms with Gasteiger partial charge in [0.05, 0.1) is 0 Å². The maximum atomic E-state index is 3.90. The van der Waals surface area contributed by atoms with Gasteiger partial charge < -0.3 is 10.2 Å². The number of hydrogen-bond acceptors (Lipinski definition) is 2. The molecule has 2 nitrogen and oxygen atoms in total. The molecule has 0 radical (unpaired) electrons. The highest BCUT2D eigenvalue weighted by molar-refractivity contribution is 9.10. The van der Waals surface area contributed by atoms with Crippen molar-refractivity contribution >= 4 is 21.6 Å². The molecule has 0 amide bonds. The number of rotatable bonds is 6. The van der Waals surface area contributed by atoms with Crippen LogP contribution in [0.2, 0.25) is 0 Å². The predicted octanol–water partition coefficient (Wildman–Crippen LogP) is 4.91. The highest BCUT2D eigenvalue weighted by atomic mass is 79.9. The van der Waals surface area contributed by atoms with Gasteiger partial charge in [-0.2, -0.15) is 0 Å². The molecule has 1 rings (SSSR count). The summed E-state index contributed by atoms with van der Waals surface area (Å²) in [4.78, 5) is 2.40. The van der Waals surface area contributed by atoms with Crippen LogP contribution in [0.4, 0.5) is 5.69 Å². The molecule has 1 unspecified atom stereocenters. The van der Waals surface area contributed by atoms with Gasteiger partial charge >= 0.3 is 0 Å². The first-order chi connectivity index (χ1) is 9.31. The van der Waals surface area contributed by atoms with Crippen LogP contribution < -0.4 is 10.2 Å². The molecule has 1 aromatic rings. The number of nitrogens with zero attached hydrogens (tertiary/aromatic N) is 1. The summed E-state index contributed by atoms with van der Waals surface area (Å²) in [6, 6.07) is 6.84. The highest BCUT2D eigenvalue weighted by Crippen LogP contribution is 2.33. The summed E-state index contributed by atoms with van der Waals surface area (Å²) in [6.07, 6.45) is 1.97. The quantitative estimate of drug-likeness (QED) is 0.741. The minimum atomic E-state index is 0.0582. The molecule has 0 aromatic heterocycles. The number of benzene rings is 1. The second-order valence-corrected chi connectivity index (χ2v) is 6.97. The van der Waals surface area contributed by atoms with Crippen LogP contribution in [-0.4, -0.2) is 18.6 Å². The molecule has 0 bridgehead atoms. The first-order valence-corrected chi connectivity index (χ1v) is 8.02. The van der Waals surface area contributed by atoms with Crippen molar-refractivity contribution in [2.75, 3.05) is 18.0 Å². The molecule has 0 aliphatic heterocycles. The lowest BCUT2D eigenvalue weighted by Crippen LogP contribution is -2.42. The Balaban J connectivity index is 3.30. The van der Waals surface area contributed by atoms with E-state index in [1.807, 2.05) is 6.08 Å².